The maximum absolute atomic E-state index is 12.9. The van der Waals surface area contributed by atoms with E-state index in [0.29, 0.717) is 24.3 Å². The van der Waals surface area contributed by atoms with Gasteiger partial charge in [-0.3, -0.25) is 4.98 Å². The topological polar surface area (TPSA) is 102 Å². The highest BCUT2D eigenvalue weighted by Crippen LogP contribution is 2.32. The molecule has 8 heteroatoms. The summed E-state index contributed by atoms with van der Waals surface area (Å²) in [5.41, 5.74) is 7.43. The summed E-state index contributed by atoms with van der Waals surface area (Å²) in [5, 5.41) is 14.4. The number of nitrogens with zero attached hydrogens (tertiary/aromatic N) is 3. The molecule has 2 aromatic carbocycles. The fourth-order valence-corrected chi connectivity index (χ4v) is 6.61. The van der Waals surface area contributed by atoms with E-state index in [4.69, 9.17) is 0 Å². The van der Waals surface area contributed by atoms with Gasteiger partial charge in [-0.05, 0) is 61.6 Å². The first-order valence-electron chi connectivity index (χ1n) is 12.8. The number of fused-ring (bicyclic) bond motifs is 1. The number of benzene rings is 2. The van der Waals surface area contributed by atoms with Crippen molar-refractivity contribution in [2.24, 2.45) is 0 Å². The van der Waals surface area contributed by atoms with Gasteiger partial charge < -0.3 is 10.3 Å². The second-order valence-corrected chi connectivity index (χ2v) is 11.7. The number of rotatable bonds is 7. The molecule has 1 fully saturated rings. The summed E-state index contributed by atoms with van der Waals surface area (Å²) < 4.78 is 27.5. The van der Waals surface area contributed by atoms with Crippen LogP contribution in [0.5, 0.6) is 0 Å². The molecule has 0 amide bonds. The zero-order valence-electron chi connectivity index (χ0n) is 21.7. The first-order valence-corrected chi connectivity index (χ1v) is 14.4. The van der Waals surface area contributed by atoms with Crippen molar-refractivity contribution < 1.29 is 8.42 Å². The van der Waals surface area contributed by atoms with E-state index in [0.717, 1.165) is 63.8 Å². The van der Waals surface area contributed by atoms with Crippen LogP contribution in [0.4, 0.5) is 11.4 Å². The molecule has 1 aliphatic heterocycles. The molecule has 0 aliphatic carbocycles. The molecule has 38 heavy (non-hydrogen) atoms. The van der Waals surface area contributed by atoms with Crippen molar-refractivity contribution in [1.82, 2.24) is 14.3 Å². The number of sulfonamides is 1. The average molecular weight is 526 g/mol. The van der Waals surface area contributed by atoms with E-state index >= 15 is 0 Å². The predicted octanol–water partition coefficient (Wildman–Crippen LogP) is 6.28. The van der Waals surface area contributed by atoms with Crippen LogP contribution in [0.2, 0.25) is 0 Å². The minimum Gasteiger partial charge on any atom is -0.361 e. The maximum Gasteiger partial charge on any atom is 0.218 e. The molecule has 0 spiro atoms. The van der Waals surface area contributed by atoms with Gasteiger partial charge in [0.15, 0.2) is 0 Å². The molecular formula is C30H31N5O2S. The van der Waals surface area contributed by atoms with Gasteiger partial charge in [0, 0.05) is 53.3 Å². The third kappa shape index (κ3) is 5.35. The van der Waals surface area contributed by atoms with Crippen LogP contribution in [0.1, 0.15) is 52.8 Å². The summed E-state index contributed by atoms with van der Waals surface area (Å²) in [6, 6.07) is 15.9. The van der Waals surface area contributed by atoms with Crippen LogP contribution in [0.3, 0.4) is 0 Å². The van der Waals surface area contributed by atoms with Gasteiger partial charge in [-0.2, -0.15) is 5.26 Å². The molecule has 4 aromatic rings. The SMILES string of the molecule is Cc1ncc(C#N)c(Nc2ccc3[nH]ccc3c2C)c1C=Cc1cccc(CS(=O)(=O)N2CCCCC2)c1. The fourth-order valence-electron chi connectivity index (χ4n) is 5.01. The summed E-state index contributed by atoms with van der Waals surface area (Å²) >= 11 is 0. The monoisotopic (exact) mass is 525 g/mol. The third-order valence-corrected chi connectivity index (χ3v) is 9.00. The number of hydrogen-bond donors (Lipinski definition) is 2. The van der Waals surface area contributed by atoms with Gasteiger partial charge in [0.05, 0.1) is 17.0 Å². The molecule has 7 nitrogen and oxygen atoms in total. The number of nitriles is 1. The van der Waals surface area contributed by atoms with E-state index in [2.05, 4.69) is 28.3 Å². The van der Waals surface area contributed by atoms with Crippen LogP contribution in [0, 0.1) is 25.2 Å². The van der Waals surface area contributed by atoms with Crippen molar-refractivity contribution >= 4 is 44.5 Å². The van der Waals surface area contributed by atoms with Gasteiger partial charge in [0.2, 0.25) is 10.0 Å². The minimum absolute atomic E-state index is 0.00705. The number of aromatic amines is 1. The largest absolute Gasteiger partial charge is 0.361 e. The maximum atomic E-state index is 12.9. The number of hydrogen-bond acceptors (Lipinski definition) is 5. The number of anilines is 2. The smallest absolute Gasteiger partial charge is 0.218 e. The molecule has 0 bridgehead atoms. The standard InChI is InChI=1S/C30H31N5O2S/c1-21-26-13-14-32-29(26)12-11-28(21)34-30-25(18-31)19-33-22(2)27(30)10-9-23-7-6-8-24(17-23)20-38(36,37)35-15-4-3-5-16-35/h6-14,17,19,32H,3-5,15-16,20H2,1-2H3,(H,33,34). The lowest BCUT2D eigenvalue weighted by molar-refractivity contribution is 0.346. The van der Waals surface area contributed by atoms with Crippen molar-refractivity contribution in [2.75, 3.05) is 18.4 Å². The lowest BCUT2D eigenvalue weighted by Crippen LogP contribution is -2.36. The Morgan fingerprint density at radius 2 is 1.92 bits per heavy atom. The number of aromatic nitrogens is 2. The Morgan fingerprint density at radius 1 is 1.11 bits per heavy atom. The van der Waals surface area contributed by atoms with E-state index in [-0.39, 0.29) is 5.75 Å². The highest BCUT2D eigenvalue weighted by molar-refractivity contribution is 7.88. The van der Waals surface area contributed by atoms with Crippen LogP contribution in [-0.4, -0.2) is 35.8 Å². The molecule has 0 unspecified atom stereocenters. The lowest BCUT2D eigenvalue weighted by Gasteiger charge is -2.25. The van der Waals surface area contributed by atoms with E-state index in [1.54, 1.807) is 10.5 Å². The molecule has 194 valence electrons. The summed E-state index contributed by atoms with van der Waals surface area (Å²) in [7, 11) is -3.34. The summed E-state index contributed by atoms with van der Waals surface area (Å²) in [4.78, 5) is 7.67. The molecule has 2 N–H and O–H groups in total. The molecule has 5 rings (SSSR count). The Bertz CT molecular complexity index is 1660. The number of nitrogens with one attached hydrogen (secondary N) is 2. The lowest BCUT2D eigenvalue weighted by atomic mass is 10.0. The Hall–Kier alpha value is -3.93. The predicted molar refractivity (Wildman–Crippen MR) is 153 cm³/mol. The Kier molecular flexibility index (Phi) is 7.32. The van der Waals surface area contributed by atoms with Crippen molar-refractivity contribution in [3.05, 3.63) is 88.4 Å². The van der Waals surface area contributed by atoms with Crippen LogP contribution in [0.25, 0.3) is 23.1 Å². The van der Waals surface area contributed by atoms with Gasteiger partial charge in [-0.25, -0.2) is 12.7 Å². The molecule has 0 radical (unpaired) electrons. The zero-order valence-corrected chi connectivity index (χ0v) is 22.5. The highest BCUT2D eigenvalue weighted by Gasteiger charge is 2.24. The minimum atomic E-state index is -3.34. The number of H-pyrrole nitrogens is 1. The highest BCUT2D eigenvalue weighted by atomic mass is 32.2. The van der Waals surface area contributed by atoms with Crippen molar-refractivity contribution in [3.8, 4) is 6.07 Å². The second-order valence-electron chi connectivity index (χ2n) is 9.75. The van der Waals surface area contributed by atoms with Gasteiger partial charge in [-0.15, -0.1) is 0 Å². The molecular weight excluding hydrogens is 494 g/mol. The van der Waals surface area contributed by atoms with E-state index in [1.165, 1.54) is 0 Å². The molecule has 0 saturated carbocycles. The average Bonchev–Trinajstić information content (AvgIpc) is 3.40. The van der Waals surface area contributed by atoms with Gasteiger partial charge >= 0.3 is 0 Å². The van der Waals surface area contributed by atoms with Gasteiger partial charge in [-0.1, -0.05) is 42.8 Å². The zero-order chi connectivity index (χ0) is 26.7. The number of piperidine rings is 1. The Balaban J connectivity index is 1.44. The first-order chi connectivity index (χ1) is 18.4. The molecule has 1 aliphatic rings. The van der Waals surface area contributed by atoms with Crippen LogP contribution in [0.15, 0.2) is 54.9 Å². The van der Waals surface area contributed by atoms with Gasteiger partial charge in [0.25, 0.3) is 0 Å². The second kappa shape index (κ2) is 10.8. The fraction of sp³-hybridized carbons (Fsp3) is 0.267. The quantitative estimate of drug-likeness (QED) is 0.296. The van der Waals surface area contributed by atoms with Crippen molar-refractivity contribution in [1.29, 1.82) is 5.26 Å². The van der Waals surface area contributed by atoms with Crippen molar-refractivity contribution in [3.63, 3.8) is 0 Å². The van der Waals surface area contributed by atoms with Crippen LogP contribution in [-0.2, 0) is 15.8 Å². The van der Waals surface area contributed by atoms with Crippen LogP contribution < -0.4 is 5.32 Å². The third-order valence-electron chi connectivity index (χ3n) is 7.15. The van der Waals surface area contributed by atoms with Crippen LogP contribution >= 0.6 is 0 Å². The molecule has 2 aromatic heterocycles. The van der Waals surface area contributed by atoms with E-state index in [9.17, 15) is 13.7 Å². The molecule has 3 heterocycles. The van der Waals surface area contributed by atoms with Gasteiger partial charge in [0.1, 0.15) is 6.07 Å². The Morgan fingerprint density at radius 3 is 2.71 bits per heavy atom. The van der Waals surface area contributed by atoms with E-state index in [1.807, 2.05) is 67.7 Å². The summed E-state index contributed by atoms with van der Waals surface area (Å²) in [5.74, 6) is -0.00705. The van der Waals surface area contributed by atoms with Crippen molar-refractivity contribution in [2.45, 2.75) is 38.9 Å². The normalized spacial score (nSPS) is 14.7. The number of pyridine rings is 1. The Labute approximate surface area is 223 Å². The molecule has 0 atom stereocenters. The summed E-state index contributed by atoms with van der Waals surface area (Å²) in [6.07, 6.45) is 10.3. The molecule has 1 saturated heterocycles. The first kappa shape index (κ1) is 25.7. The summed E-state index contributed by atoms with van der Waals surface area (Å²) in [6.45, 7) is 5.18. The van der Waals surface area contributed by atoms with E-state index < -0.39 is 10.0 Å². The number of aryl methyl sites for hydroxylation is 2.